The SMILES string of the molecule is CC(N)CC1(NC(=O)OC(C)(C)C)CCC1. The van der Waals surface area contributed by atoms with Gasteiger partial charge in [0.05, 0.1) is 0 Å². The Hall–Kier alpha value is -0.770. The monoisotopic (exact) mass is 228 g/mol. The molecule has 0 spiro atoms. The van der Waals surface area contributed by atoms with Gasteiger partial charge in [-0.05, 0) is 53.4 Å². The van der Waals surface area contributed by atoms with Crippen LogP contribution >= 0.6 is 0 Å². The first-order chi connectivity index (χ1) is 7.22. The first-order valence-electron chi connectivity index (χ1n) is 5.99. The number of hydrogen-bond donors (Lipinski definition) is 2. The summed E-state index contributed by atoms with van der Waals surface area (Å²) >= 11 is 0. The van der Waals surface area contributed by atoms with E-state index in [4.69, 9.17) is 10.5 Å². The van der Waals surface area contributed by atoms with E-state index >= 15 is 0 Å². The van der Waals surface area contributed by atoms with Crippen LogP contribution in [0.1, 0.15) is 53.4 Å². The number of rotatable bonds is 3. The van der Waals surface area contributed by atoms with Gasteiger partial charge in [-0.25, -0.2) is 4.79 Å². The second-order valence-electron chi connectivity index (χ2n) is 5.94. The maximum atomic E-state index is 11.7. The third-order valence-corrected chi connectivity index (χ3v) is 2.79. The molecule has 1 aliphatic carbocycles. The third kappa shape index (κ3) is 4.00. The molecule has 0 aromatic carbocycles. The van der Waals surface area contributed by atoms with E-state index in [0.717, 1.165) is 25.7 Å². The van der Waals surface area contributed by atoms with Gasteiger partial charge in [0.1, 0.15) is 5.60 Å². The minimum absolute atomic E-state index is 0.107. The summed E-state index contributed by atoms with van der Waals surface area (Å²) in [5.74, 6) is 0. The Bertz CT molecular complexity index is 252. The number of hydrogen-bond acceptors (Lipinski definition) is 3. The molecule has 1 atom stereocenters. The number of carbonyl (C=O) groups is 1. The Morgan fingerprint density at radius 3 is 2.38 bits per heavy atom. The average molecular weight is 228 g/mol. The van der Waals surface area contributed by atoms with Crippen molar-refractivity contribution in [1.82, 2.24) is 5.32 Å². The Kier molecular flexibility index (Phi) is 3.84. The van der Waals surface area contributed by atoms with Crippen LogP contribution in [0.15, 0.2) is 0 Å². The first kappa shape index (κ1) is 13.3. The zero-order chi connectivity index (χ0) is 12.4. The highest BCUT2D eigenvalue weighted by Gasteiger charge is 2.39. The van der Waals surface area contributed by atoms with Crippen LogP contribution in [0, 0.1) is 0 Å². The minimum Gasteiger partial charge on any atom is -0.444 e. The molecule has 94 valence electrons. The van der Waals surface area contributed by atoms with Crippen LogP contribution < -0.4 is 11.1 Å². The normalized spacial score (nSPS) is 20.8. The van der Waals surface area contributed by atoms with Crippen molar-refractivity contribution in [2.45, 2.75) is 70.6 Å². The van der Waals surface area contributed by atoms with E-state index < -0.39 is 5.60 Å². The lowest BCUT2D eigenvalue weighted by atomic mass is 9.73. The Labute approximate surface area is 97.9 Å². The van der Waals surface area contributed by atoms with Crippen molar-refractivity contribution in [3.8, 4) is 0 Å². The number of amides is 1. The summed E-state index contributed by atoms with van der Waals surface area (Å²) < 4.78 is 5.26. The summed E-state index contributed by atoms with van der Waals surface area (Å²) in [4.78, 5) is 11.7. The highest BCUT2D eigenvalue weighted by molar-refractivity contribution is 5.69. The number of nitrogens with one attached hydrogen (secondary N) is 1. The largest absolute Gasteiger partial charge is 0.444 e. The summed E-state index contributed by atoms with van der Waals surface area (Å²) in [6.45, 7) is 7.57. The van der Waals surface area contributed by atoms with Crippen molar-refractivity contribution in [3.05, 3.63) is 0 Å². The highest BCUT2D eigenvalue weighted by Crippen LogP contribution is 2.35. The molecule has 1 saturated carbocycles. The summed E-state index contributed by atoms with van der Waals surface area (Å²) in [6.07, 6.45) is 3.67. The van der Waals surface area contributed by atoms with Gasteiger partial charge in [0.25, 0.3) is 0 Å². The zero-order valence-corrected chi connectivity index (χ0v) is 10.8. The molecule has 0 aromatic heterocycles. The van der Waals surface area contributed by atoms with Gasteiger partial charge in [0.15, 0.2) is 0 Å². The fourth-order valence-electron chi connectivity index (χ4n) is 2.12. The van der Waals surface area contributed by atoms with Crippen LogP contribution in [0.4, 0.5) is 4.79 Å². The number of carbonyl (C=O) groups excluding carboxylic acids is 1. The summed E-state index contributed by atoms with van der Waals surface area (Å²) in [5.41, 5.74) is 5.24. The first-order valence-corrected chi connectivity index (χ1v) is 5.99. The van der Waals surface area contributed by atoms with E-state index in [1.807, 2.05) is 27.7 Å². The molecule has 3 N–H and O–H groups in total. The molecular weight excluding hydrogens is 204 g/mol. The number of ether oxygens (including phenoxy) is 1. The molecule has 0 radical (unpaired) electrons. The van der Waals surface area contributed by atoms with Crippen molar-refractivity contribution < 1.29 is 9.53 Å². The fraction of sp³-hybridized carbons (Fsp3) is 0.917. The highest BCUT2D eigenvalue weighted by atomic mass is 16.6. The van der Waals surface area contributed by atoms with Crippen molar-refractivity contribution in [1.29, 1.82) is 0 Å². The smallest absolute Gasteiger partial charge is 0.408 e. The molecule has 0 bridgehead atoms. The van der Waals surface area contributed by atoms with E-state index in [1.54, 1.807) is 0 Å². The molecule has 0 saturated heterocycles. The molecule has 0 aliphatic heterocycles. The lowest BCUT2D eigenvalue weighted by Crippen LogP contribution is -2.56. The molecule has 1 aliphatic rings. The molecule has 4 nitrogen and oxygen atoms in total. The minimum atomic E-state index is -0.441. The predicted octanol–water partition coefficient (Wildman–Crippen LogP) is 2.17. The van der Waals surface area contributed by atoms with Crippen LogP contribution in [-0.4, -0.2) is 23.3 Å². The molecule has 1 fully saturated rings. The zero-order valence-electron chi connectivity index (χ0n) is 10.8. The maximum absolute atomic E-state index is 11.7. The fourth-order valence-corrected chi connectivity index (χ4v) is 2.12. The Morgan fingerprint density at radius 2 is 2.06 bits per heavy atom. The second kappa shape index (κ2) is 4.62. The van der Waals surface area contributed by atoms with Crippen LogP contribution in [0.3, 0.4) is 0 Å². The standard InChI is InChI=1S/C12H24N2O2/c1-9(13)8-12(6-5-7-12)14-10(15)16-11(2,3)4/h9H,5-8,13H2,1-4H3,(H,14,15). The molecule has 16 heavy (non-hydrogen) atoms. The molecule has 1 amide bonds. The van der Waals surface area contributed by atoms with E-state index in [1.165, 1.54) is 0 Å². The third-order valence-electron chi connectivity index (χ3n) is 2.79. The average Bonchev–Trinajstić information content (AvgIpc) is 1.95. The van der Waals surface area contributed by atoms with E-state index in [9.17, 15) is 4.79 Å². The molecule has 1 unspecified atom stereocenters. The van der Waals surface area contributed by atoms with E-state index in [-0.39, 0.29) is 17.7 Å². The molecular formula is C12H24N2O2. The van der Waals surface area contributed by atoms with Gasteiger partial charge in [-0.1, -0.05) is 0 Å². The molecule has 1 rings (SSSR count). The van der Waals surface area contributed by atoms with Gasteiger partial charge >= 0.3 is 6.09 Å². The molecule has 0 aromatic rings. The summed E-state index contributed by atoms with van der Waals surface area (Å²) in [6, 6.07) is 0.107. The number of nitrogens with two attached hydrogens (primary N) is 1. The molecule has 4 heteroatoms. The van der Waals surface area contributed by atoms with Gasteiger partial charge in [-0.3, -0.25) is 0 Å². The van der Waals surface area contributed by atoms with Crippen LogP contribution in [0.5, 0.6) is 0 Å². The lowest BCUT2D eigenvalue weighted by Gasteiger charge is -2.43. The second-order valence-corrected chi connectivity index (χ2v) is 5.94. The van der Waals surface area contributed by atoms with Crippen LogP contribution in [-0.2, 0) is 4.74 Å². The van der Waals surface area contributed by atoms with Crippen molar-refractivity contribution >= 4 is 6.09 Å². The van der Waals surface area contributed by atoms with Crippen molar-refractivity contribution in [3.63, 3.8) is 0 Å². The van der Waals surface area contributed by atoms with Gasteiger partial charge < -0.3 is 15.8 Å². The van der Waals surface area contributed by atoms with E-state index in [2.05, 4.69) is 5.32 Å². The van der Waals surface area contributed by atoms with Crippen molar-refractivity contribution in [2.75, 3.05) is 0 Å². The van der Waals surface area contributed by atoms with Gasteiger partial charge in [0.2, 0.25) is 0 Å². The predicted molar refractivity (Wildman–Crippen MR) is 64.2 cm³/mol. The lowest BCUT2D eigenvalue weighted by molar-refractivity contribution is 0.0364. The topological polar surface area (TPSA) is 64.3 Å². The quantitative estimate of drug-likeness (QED) is 0.778. The van der Waals surface area contributed by atoms with Gasteiger partial charge in [0, 0.05) is 11.6 Å². The van der Waals surface area contributed by atoms with Gasteiger partial charge in [-0.2, -0.15) is 0 Å². The van der Waals surface area contributed by atoms with E-state index in [0.29, 0.717) is 0 Å². The summed E-state index contributed by atoms with van der Waals surface area (Å²) in [5, 5.41) is 2.98. The maximum Gasteiger partial charge on any atom is 0.408 e. The summed E-state index contributed by atoms with van der Waals surface area (Å²) in [7, 11) is 0. The van der Waals surface area contributed by atoms with Crippen LogP contribution in [0.2, 0.25) is 0 Å². The Balaban J connectivity index is 2.47. The Morgan fingerprint density at radius 1 is 1.50 bits per heavy atom. The van der Waals surface area contributed by atoms with Crippen LogP contribution in [0.25, 0.3) is 0 Å². The van der Waals surface area contributed by atoms with Crippen molar-refractivity contribution in [2.24, 2.45) is 5.73 Å². The van der Waals surface area contributed by atoms with Gasteiger partial charge in [-0.15, -0.1) is 0 Å². The molecule has 0 heterocycles. The number of alkyl carbamates (subject to hydrolysis) is 1.